The van der Waals surface area contributed by atoms with Crippen LogP contribution in [0.1, 0.15) is 11.9 Å². The van der Waals surface area contributed by atoms with Crippen molar-refractivity contribution in [2.75, 3.05) is 19.0 Å². The lowest BCUT2D eigenvalue weighted by molar-refractivity contribution is 0.0860. The van der Waals surface area contributed by atoms with E-state index in [9.17, 15) is 0 Å². The normalized spacial score (nSPS) is 17.8. The molecule has 1 N–H and O–H groups in total. The van der Waals surface area contributed by atoms with Gasteiger partial charge in [0.05, 0.1) is 0 Å². The highest BCUT2D eigenvalue weighted by Gasteiger charge is 2.25. The molecule has 1 aliphatic rings. The van der Waals surface area contributed by atoms with Crippen molar-refractivity contribution in [3.63, 3.8) is 0 Å². The summed E-state index contributed by atoms with van der Waals surface area (Å²) in [7, 11) is 1.82. The Kier molecular flexibility index (Phi) is 2.56. The first-order valence-corrected chi connectivity index (χ1v) is 6.04. The number of nitrogens with one attached hydrogen (secondary N) is 1. The fourth-order valence-electron chi connectivity index (χ4n) is 1.61. The molecule has 2 heterocycles. The minimum atomic E-state index is -0.233. The smallest absolute Gasteiger partial charge is 0.202 e. The number of nitrogens with zero attached hydrogens (tertiary/aromatic N) is 2. The maximum absolute atomic E-state index is 5.80. The number of benzene rings is 1. The van der Waals surface area contributed by atoms with Crippen molar-refractivity contribution in [2.45, 2.75) is 6.10 Å². The van der Waals surface area contributed by atoms with Gasteiger partial charge in [0.25, 0.3) is 0 Å². The average molecular weight is 249 g/mol. The van der Waals surface area contributed by atoms with E-state index >= 15 is 0 Å². The average Bonchev–Trinajstić information content (AvgIpc) is 2.87. The van der Waals surface area contributed by atoms with Gasteiger partial charge in [0.1, 0.15) is 6.61 Å². The monoisotopic (exact) mass is 249 g/mol. The molecule has 1 aromatic heterocycles. The van der Waals surface area contributed by atoms with E-state index in [1.807, 2.05) is 31.3 Å². The maximum atomic E-state index is 5.80. The highest BCUT2D eigenvalue weighted by atomic mass is 32.1. The largest absolute Gasteiger partial charge is 0.485 e. The van der Waals surface area contributed by atoms with Crippen LogP contribution in [0, 0.1) is 0 Å². The van der Waals surface area contributed by atoms with Crippen LogP contribution in [0.4, 0.5) is 5.13 Å². The second-order valence-electron chi connectivity index (χ2n) is 3.57. The summed E-state index contributed by atoms with van der Waals surface area (Å²) in [6.07, 6.45) is -0.233. The molecular formula is C11H11N3O2S. The molecule has 0 saturated carbocycles. The van der Waals surface area contributed by atoms with Gasteiger partial charge in [0, 0.05) is 18.6 Å². The fourth-order valence-corrected chi connectivity index (χ4v) is 2.18. The standard InChI is InChI=1S/C11H11N3O2S/c1-12-11-13-10(14-17-11)9-6-15-7-4-2-3-5-8(7)16-9/h2-5,9H,6H2,1H3,(H,12,13,14). The number of aromatic nitrogens is 2. The van der Waals surface area contributed by atoms with Crippen LogP contribution in [0.5, 0.6) is 11.5 Å². The Bertz CT molecular complexity index is 529. The molecule has 3 rings (SSSR count). The van der Waals surface area contributed by atoms with E-state index in [4.69, 9.17) is 9.47 Å². The van der Waals surface area contributed by atoms with E-state index < -0.39 is 0 Å². The van der Waals surface area contributed by atoms with Gasteiger partial charge in [-0.15, -0.1) is 0 Å². The molecule has 0 amide bonds. The number of rotatable bonds is 2. The number of ether oxygens (including phenoxy) is 2. The Morgan fingerprint density at radius 2 is 2.18 bits per heavy atom. The van der Waals surface area contributed by atoms with Crippen molar-refractivity contribution in [2.24, 2.45) is 0 Å². The molecule has 88 valence electrons. The van der Waals surface area contributed by atoms with Gasteiger partial charge >= 0.3 is 0 Å². The summed E-state index contributed by atoms with van der Waals surface area (Å²) in [4.78, 5) is 4.32. The molecule has 1 atom stereocenters. The van der Waals surface area contributed by atoms with Gasteiger partial charge in [-0.25, -0.2) is 0 Å². The zero-order valence-corrected chi connectivity index (χ0v) is 10.0. The van der Waals surface area contributed by atoms with Crippen LogP contribution < -0.4 is 14.8 Å². The molecule has 0 radical (unpaired) electrons. The molecule has 5 nitrogen and oxygen atoms in total. The molecule has 1 unspecified atom stereocenters. The molecule has 0 bridgehead atoms. The number of hydrogen-bond donors (Lipinski definition) is 1. The zero-order chi connectivity index (χ0) is 11.7. The van der Waals surface area contributed by atoms with Crippen LogP contribution in [0.15, 0.2) is 24.3 Å². The Labute approximate surface area is 103 Å². The van der Waals surface area contributed by atoms with Crippen molar-refractivity contribution < 1.29 is 9.47 Å². The first kappa shape index (κ1) is 10.3. The number of para-hydroxylation sites is 2. The highest BCUT2D eigenvalue weighted by molar-refractivity contribution is 7.09. The molecular weight excluding hydrogens is 238 g/mol. The quantitative estimate of drug-likeness (QED) is 0.883. The van der Waals surface area contributed by atoms with Gasteiger partial charge in [-0.3, -0.25) is 0 Å². The van der Waals surface area contributed by atoms with Gasteiger partial charge in [0.2, 0.25) is 5.13 Å². The molecule has 0 aliphatic carbocycles. The van der Waals surface area contributed by atoms with Gasteiger partial charge in [-0.1, -0.05) is 12.1 Å². The second-order valence-corrected chi connectivity index (χ2v) is 4.32. The number of fused-ring (bicyclic) bond motifs is 1. The summed E-state index contributed by atoms with van der Waals surface area (Å²) >= 11 is 1.32. The second kappa shape index (κ2) is 4.21. The van der Waals surface area contributed by atoms with Gasteiger partial charge in [-0.2, -0.15) is 9.36 Å². The summed E-state index contributed by atoms with van der Waals surface area (Å²) < 4.78 is 15.7. The lowest BCUT2D eigenvalue weighted by Crippen LogP contribution is -2.22. The summed E-state index contributed by atoms with van der Waals surface area (Å²) in [6, 6.07) is 7.60. The van der Waals surface area contributed by atoms with E-state index in [-0.39, 0.29) is 6.10 Å². The Morgan fingerprint density at radius 3 is 2.94 bits per heavy atom. The molecule has 1 aliphatic heterocycles. The van der Waals surface area contributed by atoms with Crippen molar-refractivity contribution in [1.29, 1.82) is 0 Å². The minimum Gasteiger partial charge on any atom is -0.485 e. The van der Waals surface area contributed by atoms with E-state index in [0.29, 0.717) is 12.4 Å². The van der Waals surface area contributed by atoms with Crippen molar-refractivity contribution in [1.82, 2.24) is 9.36 Å². The Morgan fingerprint density at radius 1 is 1.35 bits per heavy atom. The number of hydrogen-bond acceptors (Lipinski definition) is 6. The molecule has 17 heavy (non-hydrogen) atoms. The number of anilines is 1. The molecule has 1 aromatic carbocycles. The van der Waals surface area contributed by atoms with Crippen LogP contribution in [0.3, 0.4) is 0 Å². The van der Waals surface area contributed by atoms with E-state index in [0.717, 1.165) is 16.6 Å². The third-order valence-electron chi connectivity index (χ3n) is 2.45. The van der Waals surface area contributed by atoms with Crippen LogP contribution in [-0.2, 0) is 0 Å². The first-order valence-electron chi connectivity index (χ1n) is 5.26. The van der Waals surface area contributed by atoms with E-state index in [2.05, 4.69) is 14.7 Å². The Hall–Kier alpha value is -1.82. The Balaban J connectivity index is 1.84. The van der Waals surface area contributed by atoms with Crippen LogP contribution in [-0.4, -0.2) is 23.0 Å². The molecule has 6 heteroatoms. The topological polar surface area (TPSA) is 56.3 Å². The lowest BCUT2D eigenvalue weighted by atomic mass is 10.2. The van der Waals surface area contributed by atoms with E-state index in [1.165, 1.54) is 11.5 Å². The molecule has 0 spiro atoms. The summed E-state index contributed by atoms with van der Waals surface area (Å²) in [5.74, 6) is 2.17. The molecule has 0 saturated heterocycles. The van der Waals surface area contributed by atoms with Gasteiger partial charge in [0.15, 0.2) is 23.4 Å². The zero-order valence-electron chi connectivity index (χ0n) is 9.21. The lowest BCUT2D eigenvalue weighted by Gasteiger charge is -2.24. The van der Waals surface area contributed by atoms with Gasteiger partial charge in [-0.05, 0) is 12.1 Å². The fraction of sp³-hybridized carbons (Fsp3) is 0.273. The van der Waals surface area contributed by atoms with Crippen molar-refractivity contribution >= 4 is 16.7 Å². The first-order chi connectivity index (χ1) is 8.36. The minimum absolute atomic E-state index is 0.233. The van der Waals surface area contributed by atoms with Crippen LogP contribution in [0.2, 0.25) is 0 Å². The van der Waals surface area contributed by atoms with Crippen molar-refractivity contribution in [3.05, 3.63) is 30.1 Å². The van der Waals surface area contributed by atoms with Crippen LogP contribution >= 0.6 is 11.5 Å². The molecule has 0 fully saturated rings. The van der Waals surface area contributed by atoms with E-state index in [1.54, 1.807) is 0 Å². The molecule has 2 aromatic rings. The van der Waals surface area contributed by atoms with Crippen molar-refractivity contribution in [3.8, 4) is 11.5 Å². The third-order valence-corrected chi connectivity index (χ3v) is 3.20. The van der Waals surface area contributed by atoms with Gasteiger partial charge < -0.3 is 14.8 Å². The SMILES string of the molecule is CNc1nc(C2COc3ccccc3O2)ns1. The summed E-state index contributed by atoms with van der Waals surface area (Å²) in [6.45, 7) is 0.441. The highest BCUT2D eigenvalue weighted by Crippen LogP contribution is 2.35. The summed E-state index contributed by atoms with van der Waals surface area (Å²) in [5.41, 5.74) is 0. The van der Waals surface area contributed by atoms with Crippen LogP contribution in [0.25, 0.3) is 0 Å². The summed E-state index contributed by atoms with van der Waals surface area (Å²) in [5, 5.41) is 3.73. The predicted octanol–water partition coefficient (Wildman–Crippen LogP) is 2.09. The third kappa shape index (κ3) is 1.91. The maximum Gasteiger partial charge on any atom is 0.202 e. The predicted molar refractivity (Wildman–Crippen MR) is 64.8 cm³/mol.